The highest BCUT2D eigenvalue weighted by atomic mass is 35.5. The summed E-state index contributed by atoms with van der Waals surface area (Å²) in [5.41, 5.74) is 0.0109. The Morgan fingerprint density at radius 3 is 2.74 bits per heavy atom. The molecule has 11 heteroatoms. The average molecular weight is 498 g/mol. The number of hydrogen-bond donors (Lipinski definition) is 3. The third-order valence-corrected chi connectivity index (χ3v) is 7.55. The second-order valence-corrected chi connectivity index (χ2v) is 9.47. The van der Waals surface area contributed by atoms with E-state index in [0.29, 0.717) is 33.3 Å². The van der Waals surface area contributed by atoms with Gasteiger partial charge in [-0.3, -0.25) is 29.4 Å². The molecule has 2 aromatic rings. The van der Waals surface area contributed by atoms with Crippen molar-refractivity contribution in [1.82, 2.24) is 10.2 Å². The summed E-state index contributed by atoms with van der Waals surface area (Å²) in [4.78, 5) is 53.3. The average Bonchev–Trinajstić information content (AvgIpc) is 3.55. The fraction of sp³-hybridized carbons (Fsp3) is 0.333. The van der Waals surface area contributed by atoms with E-state index in [-0.39, 0.29) is 26.2 Å². The number of hydrogen-bond acceptors (Lipinski definition) is 7. The van der Waals surface area contributed by atoms with Crippen molar-refractivity contribution in [3.8, 4) is 11.5 Å². The molecule has 0 radical (unpaired) electrons. The molecule has 0 saturated carbocycles. The summed E-state index contributed by atoms with van der Waals surface area (Å²) in [7, 11) is 0. The minimum atomic E-state index is -1.52. The Kier molecular flexibility index (Phi) is 4.81. The molecule has 0 aromatic heterocycles. The largest absolute Gasteiger partial charge is 0.481 e. The predicted octanol–water partition coefficient (Wildman–Crippen LogP) is 1.85. The van der Waals surface area contributed by atoms with Crippen LogP contribution in [-0.4, -0.2) is 46.5 Å². The van der Waals surface area contributed by atoms with Gasteiger partial charge < -0.3 is 19.9 Å². The number of halogens is 1. The van der Waals surface area contributed by atoms with Crippen LogP contribution in [0.15, 0.2) is 36.4 Å². The first-order chi connectivity index (χ1) is 16.8. The molecule has 180 valence electrons. The van der Waals surface area contributed by atoms with Crippen LogP contribution in [0.3, 0.4) is 0 Å². The summed E-state index contributed by atoms with van der Waals surface area (Å²) in [5, 5.41) is 15.5. The van der Waals surface area contributed by atoms with Crippen molar-refractivity contribution >= 4 is 41.0 Å². The van der Waals surface area contributed by atoms with Gasteiger partial charge in [-0.05, 0) is 30.2 Å². The topological polar surface area (TPSA) is 134 Å². The summed E-state index contributed by atoms with van der Waals surface area (Å²) in [5.74, 6) is -3.28. The second kappa shape index (κ2) is 7.69. The summed E-state index contributed by atoms with van der Waals surface area (Å²) in [6, 6.07) is 9.48. The molecule has 4 atom stereocenters. The lowest BCUT2D eigenvalue weighted by molar-refractivity contribution is -0.144. The molecule has 3 amide bonds. The maximum Gasteiger partial charge on any atom is 0.303 e. The first-order valence-corrected chi connectivity index (χ1v) is 11.5. The number of carbonyl (C=O) groups is 4. The lowest BCUT2D eigenvalue weighted by atomic mass is 9.76. The fourth-order valence-electron chi connectivity index (χ4n) is 5.76. The fourth-order valence-corrected chi connectivity index (χ4v) is 5.98. The van der Waals surface area contributed by atoms with Crippen molar-refractivity contribution in [3.63, 3.8) is 0 Å². The Morgan fingerprint density at radius 1 is 1.14 bits per heavy atom. The van der Waals surface area contributed by atoms with Crippen LogP contribution in [0.5, 0.6) is 11.5 Å². The van der Waals surface area contributed by atoms with Crippen molar-refractivity contribution in [2.75, 3.05) is 12.1 Å². The number of para-hydroxylation sites is 1. The Bertz CT molecular complexity index is 1310. The van der Waals surface area contributed by atoms with Gasteiger partial charge in [-0.1, -0.05) is 29.8 Å². The van der Waals surface area contributed by atoms with E-state index in [9.17, 15) is 24.3 Å². The zero-order valence-electron chi connectivity index (χ0n) is 18.2. The molecule has 2 saturated heterocycles. The van der Waals surface area contributed by atoms with E-state index in [1.165, 1.54) is 0 Å². The van der Waals surface area contributed by atoms with Gasteiger partial charge in [0.05, 0.1) is 29.1 Å². The normalized spacial score (nSPS) is 28.0. The van der Waals surface area contributed by atoms with Gasteiger partial charge in [-0.15, -0.1) is 0 Å². The van der Waals surface area contributed by atoms with Crippen LogP contribution >= 0.6 is 11.6 Å². The number of carbonyl (C=O) groups excluding carboxylic acids is 3. The van der Waals surface area contributed by atoms with Gasteiger partial charge in [0.15, 0.2) is 11.5 Å². The summed E-state index contributed by atoms with van der Waals surface area (Å²) in [6.07, 6.45) is -0.136. The van der Waals surface area contributed by atoms with E-state index in [0.717, 1.165) is 4.90 Å². The predicted molar refractivity (Wildman–Crippen MR) is 121 cm³/mol. The zero-order valence-corrected chi connectivity index (χ0v) is 19.0. The van der Waals surface area contributed by atoms with Gasteiger partial charge in [-0.25, -0.2) is 0 Å². The van der Waals surface area contributed by atoms with Gasteiger partial charge in [-0.2, -0.15) is 0 Å². The zero-order chi connectivity index (χ0) is 24.5. The first kappa shape index (κ1) is 21.9. The van der Waals surface area contributed by atoms with E-state index in [2.05, 4.69) is 10.6 Å². The van der Waals surface area contributed by atoms with Gasteiger partial charge in [0, 0.05) is 18.0 Å². The number of likely N-dealkylation sites (tertiary alicyclic amines) is 1. The maximum atomic E-state index is 13.8. The number of imide groups is 1. The Hall–Kier alpha value is -3.63. The third-order valence-electron chi connectivity index (χ3n) is 7.24. The summed E-state index contributed by atoms with van der Waals surface area (Å²) < 4.78 is 10.7. The molecule has 0 bridgehead atoms. The van der Waals surface area contributed by atoms with Gasteiger partial charge in [0.1, 0.15) is 5.54 Å². The molecule has 6 rings (SSSR count). The molecule has 2 aromatic carbocycles. The molecule has 2 fully saturated rings. The smallest absolute Gasteiger partial charge is 0.303 e. The van der Waals surface area contributed by atoms with E-state index in [1.807, 2.05) is 0 Å². The Labute approximate surface area is 204 Å². The number of carboxylic acids is 1. The quantitative estimate of drug-likeness (QED) is 0.533. The highest BCUT2D eigenvalue weighted by Crippen LogP contribution is 2.54. The number of aliphatic carboxylic acids is 1. The molecular weight excluding hydrogens is 478 g/mol. The van der Waals surface area contributed by atoms with Crippen molar-refractivity contribution in [1.29, 1.82) is 0 Å². The minimum Gasteiger partial charge on any atom is -0.481 e. The van der Waals surface area contributed by atoms with E-state index in [4.69, 9.17) is 21.1 Å². The van der Waals surface area contributed by atoms with Crippen LogP contribution in [-0.2, 0) is 31.3 Å². The van der Waals surface area contributed by atoms with Crippen LogP contribution in [0, 0.1) is 11.8 Å². The Balaban J connectivity index is 1.40. The van der Waals surface area contributed by atoms with Crippen molar-refractivity contribution in [3.05, 3.63) is 52.5 Å². The lowest BCUT2D eigenvalue weighted by Crippen LogP contribution is -2.53. The van der Waals surface area contributed by atoms with Gasteiger partial charge in [0.2, 0.25) is 24.5 Å². The van der Waals surface area contributed by atoms with Crippen molar-refractivity contribution in [2.45, 2.75) is 31.0 Å². The molecule has 1 spiro atoms. The summed E-state index contributed by atoms with van der Waals surface area (Å²) >= 11 is 6.32. The van der Waals surface area contributed by atoms with Crippen LogP contribution < -0.4 is 20.1 Å². The van der Waals surface area contributed by atoms with Crippen LogP contribution in [0.25, 0.3) is 0 Å². The highest BCUT2D eigenvalue weighted by molar-refractivity contribution is 6.35. The molecule has 4 heterocycles. The van der Waals surface area contributed by atoms with Crippen LogP contribution in [0.1, 0.15) is 24.0 Å². The molecule has 3 N–H and O–H groups in total. The van der Waals surface area contributed by atoms with Crippen LogP contribution in [0.2, 0.25) is 5.02 Å². The lowest BCUT2D eigenvalue weighted by Gasteiger charge is -2.29. The molecular formula is C24H20ClN3O7. The SMILES string of the molecule is O=C(O)CC[C@H]1N[C@]2(C(=O)Nc3c(Cl)cccc32)[C@H]2C(=O)N(Cc3ccc4c(c3)OCO4)C(=O)[C@H]12. The van der Waals surface area contributed by atoms with E-state index >= 15 is 0 Å². The second-order valence-electron chi connectivity index (χ2n) is 9.06. The molecule has 0 unspecified atom stereocenters. The number of carboxylic acid groups (broad SMARTS) is 1. The third kappa shape index (κ3) is 3.06. The number of benzene rings is 2. The number of fused-ring (bicyclic) bond motifs is 5. The van der Waals surface area contributed by atoms with Gasteiger partial charge in [0.25, 0.3) is 0 Å². The number of amides is 3. The van der Waals surface area contributed by atoms with Crippen LogP contribution in [0.4, 0.5) is 5.69 Å². The monoisotopic (exact) mass is 497 g/mol. The van der Waals surface area contributed by atoms with E-state index < -0.39 is 47.1 Å². The molecule has 35 heavy (non-hydrogen) atoms. The maximum absolute atomic E-state index is 13.8. The minimum absolute atomic E-state index is 0.00689. The number of rotatable bonds is 5. The highest BCUT2D eigenvalue weighted by Gasteiger charge is 2.70. The number of nitrogens with one attached hydrogen (secondary N) is 2. The number of ether oxygens (including phenoxy) is 2. The summed E-state index contributed by atoms with van der Waals surface area (Å²) in [6.45, 7) is 0.0914. The van der Waals surface area contributed by atoms with Crippen molar-refractivity contribution < 1.29 is 33.8 Å². The van der Waals surface area contributed by atoms with Gasteiger partial charge >= 0.3 is 5.97 Å². The molecule has 0 aliphatic carbocycles. The number of nitrogens with zero attached hydrogens (tertiary/aromatic N) is 1. The molecule has 4 aliphatic heterocycles. The first-order valence-electron chi connectivity index (χ1n) is 11.1. The van der Waals surface area contributed by atoms with Crippen molar-refractivity contribution in [2.24, 2.45) is 11.8 Å². The molecule has 4 aliphatic rings. The molecule has 10 nitrogen and oxygen atoms in total. The van der Waals surface area contributed by atoms with E-state index in [1.54, 1.807) is 36.4 Å². The number of anilines is 1. The standard InChI is InChI=1S/C24H20ClN3O7/c25-13-3-1-2-12-20(13)26-23(33)24(12)19-18(14(27-24)5-7-17(29)30)21(31)28(22(19)32)9-11-4-6-15-16(8-11)35-10-34-15/h1-4,6,8,14,18-19,27H,5,7,9-10H2,(H,26,33)(H,29,30)/t14-,18-,19-,24+/m1/s1. The Morgan fingerprint density at radius 2 is 1.94 bits per heavy atom.